The van der Waals surface area contributed by atoms with Crippen molar-refractivity contribution in [2.75, 3.05) is 32.1 Å². The summed E-state index contributed by atoms with van der Waals surface area (Å²) >= 11 is 0. The summed E-state index contributed by atoms with van der Waals surface area (Å²) in [6.07, 6.45) is 4.36. The fourth-order valence-corrected chi connectivity index (χ4v) is 2.54. The van der Waals surface area contributed by atoms with Crippen molar-refractivity contribution >= 4 is 17.6 Å². The molecular weight excluding hydrogens is 276 g/mol. The maximum absolute atomic E-state index is 12.5. The normalized spacial score (nSPS) is 17.4. The van der Waals surface area contributed by atoms with Gasteiger partial charge in [0, 0.05) is 13.3 Å². The van der Waals surface area contributed by atoms with Crippen LogP contribution in [-0.4, -0.2) is 53.6 Å². The van der Waals surface area contributed by atoms with Gasteiger partial charge in [0.2, 0.25) is 5.91 Å². The minimum atomic E-state index is -0.981. The molecule has 2 rings (SSSR count). The molecule has 21 heavy (non-hydrogen) atoms. The number of hydrogen-bond acceptors (Lipinski definition) is 5. The molecule has 1 fully saturated rings. The predicted molar refractivity (Wildman–Crippen MR) is 74.9 cm³/mol. The van der Waals surface area contributed by atoms with E-state index in [9.17, 15) is 9.59 Å². The van der Waals surface area contributed by atoms with Crippen molar-refractivity contribution in [2.24, 2.45) is 5.41 Å². The van der Waals surface area contributed by atoms with E-state index in [0.717, 1.165) is 13.1 Å². The maximum atomic E-state index is 12.5. The first-order valence-corrected chi connectivity index (χ1v) is 6.81. The molecule has 0 atom stereocenters. The van der Waals surface area contributed by atoms with E-state index < -0.39 is 11.4 Å². The molecule has 1 aliphatic heterocycles. The summed E-state index contributed by atoms with van der Waals surface area (Å²) in [5, 5.41) is 18.6. The van der Waals surface area contributed by atoms with Crippen molar-refractivity contribution in [1.82, 2.24) is 15.1 Å². The lowest BCUT2D eigenvalue weighted by molar-refractivity contribution is -0.137. The molecule has 1 aromatic rings. The third-order valence-corrected chi connectivity index (χ3v) is 3.65. The largest absolute Gasteiger partial charge is 0.480 e. The van der Waals surface area contributed by atoms with Crippen molar-refractivity contribution in [3.05, 3.63) is 12.4 Å². The summed E-state index contributed by atoms with van der Waals surface area (Å²) in [7, 11) is 1.59. The quantitative estimate of drug-likeness (QED) is 0.678. The fourth-order valence-electron chi connectivity index (χ4n) is 2.54. The first-order valence-electron chi connectivity index (χ1n) is 6.81. The number of nitrogens with one attached hydrogen (secondary N) is 2. The second-order valence-corrected chi connectivity index (χ2v) is 5.24. The van der Waals surface area contributed by atoms with E-state index >= 15 is 0 Å². The Labute approximate surface area is 122 Å². The number of aliphatic carboxylic acids is 1. The maximum Gasteiger partial charge on any atom is 0.325 e. The molecule has 0 unspecified atom stereocenters. The average Bonchev–Trinajstić information content (AvgIpc) is 2.86. The highest BCUT2D eigenvalue weighted by Crippen LogP contribution is 2.30. The topological polar surface area (TPSA) is 105 Å². The Kier molecular flexibility index (Phi) is 4.92. The molecule has 1 aromatic heterocycles. The van der Waals surface area contributed by atoms with Crippen LogP contribution in [0.5, 0.6) is 0 Å². The van der Waals surface area contributed by atoms with Gasteiger partial charge in [0.15, 0.2) is 0 Å². The van der Waals surface area contributed by atoms with Crippen molar-refractivity contribution < 1.29 is 19.4 Å². The molecule has 0 radical (unpaired) electrons. The van der Waals surface area contributed by atoms with Gasteiger partial charge < -0.3 is 20.5 Å². The first-order chi connectivity index (χ1) is 10.1. The number of ether oxygens (including phenoxy) is 1. The van der Waals surface area contributed by atoms with Crippen LogP contribution in [0.1, 0.15) is 12.8 Å². The number of anilines is 1. The van der Waals surface area contributed by atoms with Crippen molar-refractivity contribution in [1.29, 1.82) is 0 Å². The molecular formula is C13H20N4O4. The van der Waals surface area contributed by atoms with Gasteiger partial charge >= 0.3 is 5.97 Å². The van der Waals surface area contributed by atoms with E-state index in [1.807, 2.05) is 0 Å². The monoisotopic (exact) mass is 296 g/mol. The van der Waals surface area contributed by atoms with E-state index in [0.29, 0.717) is 25.1 Å². The van der Waals surface area contributed by atoms with Gasteiger partial charge in [0.25, 0.3) is 0 Å². The number of hydrogen-bond donors (Lipinski definition) is 3. The van der Waals surface area contributed by atoms with Crippen LogP contribution in [0.3, 0.4) is 0 Å². The van der Waals surface area contributed by atoms with Gasteiger partial charge in [-0.3, -0.25) is 14.3 Å². The Hall–Kier alpha value is -1.93. The Morgan fingerprint density at radius 3 is 2.86 bits per heavy atom. The number of rotatable bonds is 6. The Balaban J connectivity index is 2.04. The van der Waals surface area contributed by atoms with Gasteiger partial charge in [-0.05, 0) is 25.9 Å². The van der Waals surface area contributed by atoms with Crippen LogP contribution < -0.4 is 10.6 Å². The Morgan fingerprint density at radius 1 is 1.52 bits per heavy atom. The summed E-state index contributed by atoms with van der Waals surface area (Å²) in [5.41, 5.74) is -0.0511. The molecule has 0 bridgehead atoms. The van der Waals surface area contributed by atoms with E-state index in [4.69, 9.17) is 9.84 Å². The smallest absolute Gasteiger partial charge is 0.325 e. The molecule has 1 amide bonds. The molecule has 8 nitrogen and oxygen atoms in total. The lowest BCUT2D eigenvalue weighted by Gasteiger charge is -2.35. The number of nitrogens with zero attached hydrogens (tertiary/aromatic N) is 2. The van der Waals surface area contributed by atoms with E-state index in [-0.39, 0.29) is 12.5 Å². The molecule has 0 aromatic carbocycles. The summed E-state index contributed by atoms with van der Waals surface area (Å²) in [6.45, 7) is 1.68. The predicted octanol–water partition coefficient (Wildman–Crippen LogP) is -0.0776. The number of amides is 1. The second kappa shape index (κ2) is 6.68. The standard InChI is InChI=1S/C13H20N4O4/c1-21-9-13(2-4-14-5-3-13)12(20)16-10-6-15-17(7-10)8-11(18)19/h6-7,14H,2-5,8-9H2,1H3,(H,16,20)(H,18,19). The van der Waals surface area contributed by atoms with E-state index in [1.54, 1.807) is 7.11 Å². The molecule has 8 heteroatoms. The number of carboxylic acids is 1. The van der Waals surface area contributed by atoms with Crippen LogP contribution in [0.4, 0.5) is 5.69 Å². The average molecular weight is 296 g/mol. The first kappa shape index (κ1) is 15.5. The SMILES string of the molecule is COCC1(C(=O)Nc2cnn(CC(=O)O)c2)CCNCC1. The number of methoxy groups -OCH3 is 1. The second-order valence-electron chi connectivity index (χ2n) is 5.24. The molecule has 0 spiro atoms. The highest BCUT2D eigenvalue weighted by molar-refractivity contribution is 5.95. The summed E-state index contributed by atoms with van der Waals surface area (Å²) in [4.78, 5) is 23.2. The number of piperidine rings is 1. The van der Waals surface area contributed by atoms with Crippen LogP contribution in [-0.2, 0) is 20.9 Å². The Bertz CT molecular complexity index is 503. The highest BCUT2D eigenvalue weighted by atomic mass is 16.5. The zero-order valence-electron chi connectivity index (χ0n) is 12.0. The zero-order valence-corrected chi connectivity index (χ0v) is 12.0. The molecule has 0 aliphatic carbocycles. The summed E-state index contributed by atoms with van der Waals surface area (Å²) in [6, 6.07) is 0. The minimum absolute atomic E-state index is 0.110. The van der Waals surface area contributed by atoms with Crippen LogP contribution in [0.15, 0.2) is 12.4 Å². The van der Waals surface area contributed by atoms with Gasteiger partial charge in [0.1, 0.15) is 6.54 Å². The molecule has 1 aliphatic rings. The number of carboxylic acid groups (broad SMARTS) is 1. The minimum Gasteiger partial charge on any atom is -0.480 e. The van der Waals surface area contributed by atoms with Gasteiger partial charge in [0.05, 0.1) is 23.9 Å². The molecule has 1 saturated heterocycles. The lowest BCUT2D eigenvalue weighted by atomic mass is 9.78. The van der Waals surface area contributed by atoms with Gasteiger partial charge in [-0.1, -0.05) is 0 Å². The van der Waals surface area contributed by atoms with Gasteiger partial charge in [-0.2, -0.15) is 5.10 Å². The van der Waals surface area contributed by atoms with Gasteiger partial charge in [-0.15, -0.1) is 0 Å². The highest BCUT2D eigenvalue weighted by Gasteiger charge is 2.39. The summed E-state index contributed by atoms with van der Waals surface area (Å²) < 4.78 is 6.48. The lowest BCUT2D eigenvalue weighted by Crippen LogP contribution is -2.47. The molecule has 116 valence electrons. The van der Waals surface area contributed by atoms with Crippen molar-refractivity contribution in [2.45, 2.75) is 19.4 Å². The number of carbonyl (C=O) groups is 2. The van der Waals surface area contributed by atoms with E-state index in [2.05, 4.69) is 15.7 Å². The van der Waals surface area contributed by atoms with Crippen LogP contribution in [0.2, 0.25) is 0 Å². The third-order valence-electron chi connectivity index (χ3n) is 3.65. The molecule has 3 N–H and O–H groups in total. The fraction of sp³-hybridized carbons (Fsp3) is 0.615. The van der Waals surface area contributed by atoms with Crippen molar-refractivity contribution in [3.8, 4) is 0 Å². The molecule has 2 heterocycles. The third kappa shape index (κ3) is 3.79. The Morgan fingerprint density at radius 2 is 2.24 bits per heavy atom. The van der Waals surface area contributed by atoms with Crippen LogP contribution in [0.25, 0.3) is 0 Å². The van der Waals surface area contributed by atoms with Crippen molar-refractivity contribution in [3.63, 3.8) is 0 Å². The van der Waals surface area contributed by atoms with Crippen LogP contribution in [0, 0.1) is 5.41 Å². The zero-order chi connectivity index (χ0) is 15.3. The number of aromatic nitrogens is 2. The van der Waals surface area contributed by atoms with Gasteiger partial charge in [-0.25, -0.2) is 0 Å². The van der Waals surface area contributed by atoms with Crippen LogP contribution >= 0.6 is 0 Å². The number of carbonyl (C=O) groups excluding carboxylic acids is 1. The molecule has 0 saturated carbocycles. The van der Waals surface area contributed by atoms with E-state index in [1.165, 1.54) is 17.1 Å². The summed E-state index contributed by atoms with van der Waals surface area (Å²) in [5.74, 6) is -1.09.